The van der Waals surface area contributed by atoms with Crippen molar-refractivity contribution < 1.29 is 9.53 Å². The predicted octanol–water partition coefficient (Wildman–Crippen LogP) is 2.46. The number of fused-ring (bicyclic) bond motifs is 1. The van der Waals surface area contributed by atoms with Crippen LogP contribution in [0.15, 0.2) is 0 Å². The van der Waals surface area contributed by atoms with Gasteiger partial charge in [-0.3, -0.25) is 4.79 Å². The summed E-state index contributed by atoms with van der Waals surface area (Å²) < 4.78 is 5.57. The summed E-state index contributed by atoms with van der Waals surface area (Å²) in [6.07, 6.45) is 6.08. The summed E-state index contributed by atoms with van der Waals surface area (Å²) in [5.41, 5.74) is 0.00449. The number of carbonyl (C=O) groups is 1. The molecule has 21 heavy (non-hydrogen) atoms. The summed E-state index contributed by atoms with van der Waals surface area (Å²) in [6, 6.07) is 0.481. The van der Waals surface area contributed by atoms with E-state index in [1.807, 2.05) is 14.1 Å². The Hall–Kier alpha value is -0.320. The molecule has 0 aromatic carbocycles. The van der Waals surface area contributed by atoms with E-state index >= 15 is 0 Å². The van der Waals surface area contributed by atoms with Gasteiger partial charge in [0.2, 0.25) is 0 Å². The lowest BCUT2D eigenvalue weighted by atomic mass is 9.85. The zero-order valence-electron chi connectivity index (χ0n) is 13.9. The van der Waals surface area contributed by atoms with Gasteiger partial charge in [0.15, 0.2) is 0 Å². The zero-order valence-corrected chi connectivity index (χ0v) is 14.7. The molecule has 1 heterocycles. The van der Waals surface area contributed by atoms with Crippen LogP contribution in [-0.4, -0.2) is 50.2 Å². The molecule has 1 N–H and O–H groups in total. The molecule has 3 atom stereocenters. The van der Waals surface area contributed by atoms with Gasteiger partial charge in [-0.15, -0.1) is 12.4 Å². The quantitative estimate of drug-likeness (QED) is 0.791. The number of nitrogens with zero attached hydrogens (tertiary/aromatic N) is 1. The lowest BCUT2D eigenvalue weighted by Crippen LogP contribution is -2.40. The van der Waals surface area contributed by atoms with E-state index in [2.05, 4.69) is 24.1 Å². The molecule has 0 aromatic heterocycles. The normalized spacial score (nSPS) is 28.9. The van der Waals surface area contributed by atoms with Gasteiger partial charge in [-0.25, -0.2) is 0 Å². The number of ether oxygens (including phenoxy) is 1. The summed E-state index contributed by atoms with van der Waals surface area (Å²) in [5.74, 6) is 0.641. The highest BCUT2D eigenvalue weighted by Gasteiger charge is 2.39. The fourth-order valence-corrected chi connectivity index (χ4v) is 3.77. The van der Waals surface area contributed by atoms with Gasteiger partial charge in [-0.05, 0) is 39.3 Å². The van der Waals surface area contributed by atoms with E-state index in [1.54, 1.807) is 0 Å². The molecule has 1 unspecified atom stereocenters. The average Bonchev–Trinajstić information content (AvgIpc) is 2.78. The van der Waals surface area contributed by atoms with Gasteiger partial charge < -0.3 is 15.0 Å². The molecule has 4 nitrogen and oxygen atoms in total. The number of hydrogen-bond acceptors (Lipinski definition) is 4. The largest absolute Gasteiger partial charge is 0.464 e. The average molecular weight is 319 g/mol. The van der Waals surface area contributed by atoms with E-state index in [-0.39, 0.29) is 29.8 Å². The van der Waals surface area contributed by atoms with E-state index in [0.717, 1.165) is 13.0 Å². The minimum Gasteiger partial charge on any atom is -0.464 e. The molecule has 5 heteroatoms. The first kappa shape index (κ1) is 18.7. The Labute approximate surface area is 135 Å². The van der Waals surface area contributed by atoms with Crippen LogP contribution in [0.3, 0.4) is 0 Å². The minimum absolute atomic E-state index is 0. The molecule has 1 aliphatic heterocycles. The topological polar surface area (TPSA) is 41.6 Å². The van der Waals surface area contributed by atoms with Gasteiger partial charge in [0.05, 0.1) is 6.61 Å². The molecule has 0 bridgehead atoms. The number of rotatable bonds is 5. The van der Waals surface area contributed by atoms with E-state index in [9.17, 15) is 4.79 Å². The van der Waals surface area contributed by atoms with Crippen molar-refractivity contribution in [1.29, 1.82) is 0 Å². The Morgan fingerprint density at radius 1 is 1.29 bits per heavy atom. The number of nitrogens with one attached hydrogen (secondary N) is 1. The van der Waals surface area contributed by atoms with Crippen molar-refractivity contribution in [3.8, 4) is 0 Å². The highest BCUT2D eigenvalue weighted by Crippen LogP contribution is 2.33. The van der Waals surface area contributed by atoms with Crippen LogP contribution in [0.2, 0.25) is 0 Å². The van der Waals surface area contributed by atoms with Crippen molar-refractivity contribution in [2.45, 2.75) is 58.0 Å². The van der Waals surface area contributed by atoms with Crippen LogP contribution in [0.4, 0.5) is 0 Å². The highest BCUT2D eigenvalue weighted by atomic mass is 35.5. The van der Waals surface area contributed by atoms with Crippen LogP contribution in [0.5, 0.6) is 0 Å². The van der Waals surface area contributed by atoms with Crippen molar-refractivity contribution in [2.75, 3.05) is 27.2 Å². The highest BCUT2D eigenvalue weighted by molar-refractivity contribution is 5.85. The maximum Gasteiger partial charge on any atom is 0.323 e. The molecule has 2 rings (SSSR count). The summed E-state index contributed by atoms with van der Waals surface area (Å²) in [4.78, 5) is 14.4. The van der Waals surface area contributed by atoms with Crippen LogP contribution in [0, 0.1) is 11.3 Å². The van der Waals surface area contributed by atoms with Gasteiger partial charge in [0, 0.05) is 18.0 Å². The maximum absolute atomic E-state index is 12.2. The first-order chi connectivity index (χ1) is 9.37. The molecule has 1 aliphatic carbocycles. The lowest BCUT2D eigenvalue weighted by molar-refractivity contribution is -0.149. The Bertz CT molecular complexity index is 333. The monoisotopic (exact) mass is 318 g/mol. The second-order valence-electron chi connectivity index (χ2n) is 7.62. The third-order valence-electron chi connectivity index (χ3n) is 4.50. The molecular formula is C16H31ClN2O2. The van der Waals surface area contributed by atoms with E-state index < -0.39 is 0 Å². The third-order valence-corrected chi connectivity index (χ3v) is 4.50. The van der Waals surface area contributed by atoms with Gasteiger partial charge in [-0.1, -0.05) is 26.7 Å². The number of esters is 1. The van der Waals surface area contributed by atoms with E-state index in [1.165, 1.54) is 25.7 Å². The second-order valence-corrected chi connectivity index (χ2v) is 7.62. The molecule has 2 aliphatic rings. The lowest BCUT2D eigenvalue weighted by Gasteiger charge is -2.28. The molecule has 1 saturated carbocycles. The molecular weight excluding hydrogens is 288 g/mol. The molecule has 0 amide bonds. The fourth-order valence-electron chi connectivity index (χ4n) is 3.77. The first-order valence-electron chi connectivity index (χ1n) is 7.95. The molecule has 124 valence electrons. The number of halogens is 1. The number of carbonyl (C=O) groups excluding carboxylic acids is 1. The van der Waals surface area contributed by atoms with Gasteiger partial charge in [0.25, 0.3) is 0 Å². The molecule has 1 saturated heterocycles. The second kappa shape index (κ2) is 7.80. The van der Waals surface area contributed by atoms with Crippen molar-refractivity contribution in [3.63, 3.8) is 0 Å². The van der Waals surface area contributed by atoms with Crippen LogP contribution >= 0.6 is 12.4 Å². The van der Waals surface area contributed by atoms with Gasteiger partial charge >= 0.3 is 5.97 Å². The van der Waals surface area contributed by atoms with Crippen molar-refractivity contribution >= 4 is 18.4 Å². The Morgan fingerprint density at radius 3 is 2.57 bits per heavy atom. The van der Waals surface area contributed by atoms with Gasteiger partial charge in [0.1, 0.15) is 6.04 Å². The smallest absolute Gasteiger partial charge is 0.323 e. The van der Waals surface area contributed by atoms with Crippen molar-refractivity contribution in [1.82, 2.24) is 10.2 Å². The van der Waals surface area contributed by atoms with Crippen molar-refractivity contribution in [3.05, 3.63) is 0 Å². The van der Waals surface area contributed by atoms with Crippen molar-refractivity contribution in [2.24, 2.45) is 11.3 Å². The zero-order chi connectivity index (χ0) is 14.8. The first-order valence-corrected chi connectivity index (χ1v) is 7.95. The summed E-state index contributed by atoms with van der Waals surface area (Å²) in [5, 5.41) is 3.48. The maximum atomic E-state index is 12.2. The molecule has 0 radical (unpaired) electrons. The molecule has 0 aromatic rings. The Balaban J connectivity index is 0.00000220. The van der Waals surface area contributed by atoms with E-state index in [4.69, 9.17) is 4.74 Å². The summed E-state index contributed by atoms with van der Waals surface area (Å²) in [6.45, 7) is 5.70. The summed E-state index contributed by atoms with van der Waals surface area (Å²) in [7, 11) is 4.10. The Kier molecular flexibility index (Phi) is 6.95. The minimum atomic E-state index is -0.0711. The Morgan fingerprint density at radius 2 is 1.95 bits per heavy atom. The van der Waals surface area contributed by atoms with E-state index in [0.29, 0.717) is 18.6 Å². The summed E-state index contributed by atoms with van der Waals surface area (Å²) >= 11 is 0. The van der Waals surface area contributed by atoms with Crippen LogP contribution < -0.4 is 5.32 Å². The third kappa shape index (κ3) is 5.42. The SMILES string of the molecule is CN(C)CC(C)(C)COC(=O)C1C[C@@H]2CCCC[C@@H]2N1.Cl. The van der Waals surface area contributed by atoms with Crippen LogP contribution in [0.25, 0.3) is 0 Å². The molecule has 0 spiro atoms. The standard InChI is InChI=1S/C16H30N2O2.ClH/c1-16(2,10-18(3)4)11-20-15(19)14-9-12-7-5-6-8-13(12)17-14;/h12-14,17H,5-11H2,1-4H3;1H/t12-,13-,14?;/m0./s1. The van der Waals surface area contributed by atoms with Crippen LogP contribution in [-0.2, 0) is 9.53 Å². The van der Waals surface area contributed by atoms with Crippen LogP contribution in [0.1, 0.15) is 46.0 Å². The molecule has 2 fully saturated rings. The number of hydrogen-bond donors (Lipinski definition) is 1. The predicted molar refractivity (Wildman–Crippen MR) is 87.8 cm³/mol. The fraction of sp³-hybridized carbons (Fsp3) is 0.938. The van der Waals surface area contributed by atoms with Gasteiger partial charge in [-0.2, -0.15) is 0 Å².